The number of hydrogen-bond donors (Lipinski definition) is 2. The maximum atomic E-state index is 6.11. The lowest BCUT2D eigenvalue weighted by atomic mass is 10.1. The van der Waals surface area contributed by atoms with E-state index in [-0.39, 0.29) is 6.04 Å². The topological polar surface area (TPSA) is 79.4 Å². The van der Waals surface area contributed by atoms with E-state index in [1.165, 1.54) is 6.33 Å². The number of benzene rings is 1. The fourth-order valence-electron chi connectivity index (χ4n) is 1.99. The van der Waals surface area contributed by atoms with E-state index in [1.807, 2.05) is 37.3 Å². The van der Waals surface area contributed by atoms with Crippen LogP contribution in [0.5, 0.6) is 0 Å². The molecule has 1 aromatic carbocycles. The maximum absolute atomic E-state index is 6.11. The SMILES string of the molecule is Cc1nc(C(Nc2ncncc2Cl)c2ccccc2)n[nH]1. The minimum atomic E-state index is -0.247. The Labute approximate surface area is 126 Å². The third-order valence-electron chi connectivity index (χ3n) is 2.95. The van der Waals surface area contributed by atoms with Crippen LogP contribution < -0.4 is 5.32 Å². The van der Waals surface area contributed by atoms with Gasteiger partial charge in [0.2, 0.25) is 0 Å². The second-order valence-corrected chi connectivity index (χ2v) is 4.89. The van der Waals surface area contributed by atoms with E-state index in [4.69, 9.17) is 11.6 Å². The van der Waals surface area contributed by atoms with Crippen molar-refractivity contribution < 1.29 is 0 Å². The molecule has 0 saturated carbocycles. The minimum Gasteiger partial charge on any atom is -0.355 e. The average molecular weight is 301 g/mol. The number of H-pyrrole nitrogens is 1. The fourth-order valence-corrected chi connectivity index (χ4v) is 2.15. The Morgan fingerprint density at radius 3 is 2.71 bits per heavy atom. The van der Waals surface area contributed by atoms with Gasteiger partial charge in [-0.3, -0.25) is 5.10 Å². The largest absolute Gasteiger partial charge is 0.355 e. The lowest BCUT2D eigenvalue weighted by molar-refractivity contribution is 0.829. The van der Waals surface area contributed by atoms with Crippen LogP contribution >= 0.6 is 11.6 Å². The molecule has 2 N–H and O–H groups in total. The monoisotopic (exact) mass is 300 g/mol. The summed E-state index contributed by atoms with van der Waals surface area (Å²) in [6.07, 6.45) is 2.99. The summed E-state index contributed by atoms with van der Waals surface area (Å²) in [6.45, 7) is 1.86. The Hall–Kier alpha value is -2.47. The molecule has 2 aromatic heterocycles. The summed E-state index contributed by atoms with van der Waals surface area (Å²) in [4.78, 5) is 12.4. The number of aromatic nitrogens is 5. The molecule has 3 aromatic rings. The lowest BCUT2D eigenvalue weighted by Crippen LogP contribution is -2.15. The van der Waals surface area contributed by atoms with E-state index in [9.17, 15) is 0 Å². The van der Waals surface area contributed by atoms with Crippen LogP contribution in [0.15, 0.2) is 42.9 Å². The molecule has 0 aliphatic carbocycles. The van der Waals surface area contributed by atoms with Gasteiger partial charge in [0.1, 0.15) is 29.0 Å². The first-order chi connectivity index (χ1) is 10.2. The zero-order valence-corrected chi connectivity index (χ0v) is 12.0. The minimum absolute atomic E-state index is 0.247. The molecule has 0 radical (unpaired) electrons. The molecule has 0 saturated heterocycles. The molecule has 106 valence electrons. The Bertz CT molecular complexity index is 727. The molecular formula is C14H13ClN6. The quantitative estimate of drug-likeness (QED) is 0.774. The van der Waals surface area contributed by atoms with Crippen molar-refractivity contribution in [3.8, 4) is 0 Å². The molecule has 0 aliphatic heterocycles. The van der Waals surface area contributed by atoms with Gasteiger partial charge in [0.15, 0.2) is 5.82 Å². The van der Waals surface area contributed by atoms with E-state index in [0.29, 0.717) is 16.7 Å². The van der Waals surface area contributed by atoms with E-state index < -0.39 is 0 Å². The Balaban J connectivity index is 1.99. The van der Waals surface area contributed by atoms with Crippen LogP contribution in [0.2, 0.25) is 5.02 Å². The maximum Gasteiger partial charge on any atom is 0.177 e. The van der Waals surface area contributed by atoms with Crippen molar-refractivity contribution in [2.24, 2.45) is 0 Å². The fraction of sp³-hybridized carbons (Fsp3) is 0.143. The second kappa shape index (κ2) is 5.88. The van der Waals surface area contributed by atoms with E-state index >= 15 is 0 Å². The van der Waals surface area contributed by atoms with Crippen LogP contribution in [0.3, 0.4) is 0 Å². The number of rotatable bonds is 4. The third kappa shape index (κ3) is 3.00. The highest BCUT2D eigenvalue weighted by molar-refractivity contribution is 6.32. The number of hydrogen-bond acceptors (Lipinski definition) is 5. The number of nitrogens with zero attached hydrogens (tertiary/aromatic N) is 4. The first kappa shape index (κ1) is 13.5. The number of anilines is 1. The molecule has 0 fully saturated rings. The van der Waals surface area contributed by atoms with Crippen LogP contribution in [0.25, 0.3) is 0 Å². The van der Waals surface area contributed by atoms with E-state index in [0.717, 1.165) is 11.4 Å². The number of aromatic amines is 1. The molecule has 21 heavy (non-hydrogen) atoms. The van der Waals surface area contributed by atoms with Gasteiger partial charge in [-0.15, -0.1) is 0 Å². The lowest BCUT2D eigenvalue weighted by Gasteiger charge is -2.17. The highest BCUT2D eigenvalue weighted by Gasteiger charge is 2.19. The van der Waals surface area contributed by atoms with Crippen molar-refractivity contribution in [1.29, 1.82) is 0 Å². The number of nitrogens with one attached hydrogen (secondary N) is 2. The van der Waals surface area contributed by atoms with Gasteiger partial charge in [-0.1, -0.05) is 41.9 Å². The highest BCUT2D eigenvalue weighted by atomic mass is 35.5. The van der Waals surface area contributed by atoms with Gasteiger partial charge in [0.25, 0.3) is 0 Å². The molecule has 2 heterocycles. The number of aryl methyl sites for hydroxylation is 1. The van der Waals surface area contributed by atoms with Crippen LogP contribution in [0.1, 0.15) is 23.3 Å². The molecule has 0 spiro atoms. The Morgan fingerprint density at radius 2 is 2.05 bits per heavy atom. The molecule has 0 aliphatic rings. The summed E-state index contributed by atoms with van der Waals surface area (Å²) in [5.41, 5.74) is 1.02. The molecule has 0 amide bonds. The summed E-state index contributed by atoms with van der Waals surface area (Å²) in [7, 11) is 0. The smallest absolute Gasteiger partial charge is 0.177 e. The normalized spacial score (nSPS) is 12.1. The highest BCUT2D eigenvalue weighted by Crippen LogP contribution is 2.26. The van der Waals surface area contributed by atoms with Crippen LogP contribution in [-0.4, -0.2) is 25.1 Å². The molecule has 1 unspecified atom stereocenters. The summed E-state index contributed by atoms with van der Waals surface area (Å²) >= 11 is 6.11. The van der Waals surface area contributed by atoms with Crippen molar-refractivity contribution in [1.82, 2.24) is 25.1 Å². The van der Waals surface area contributed by atoms with Gasteiger partial charge in [0, 0.05) is 0 Å². The van der Waals surface area contributed by atoms with Crippen molar-refractivity contribution in [2.75, 3.05) is 5.32 Å². The van der Waals surface area contributed by atoms with Gasteiger partial charge in [-0.2, -0.15) is 5.10 Å². The summed E-state index contributed by atoms with van der Waals surface area (Å²) < 4.78 is 0. The Morgan fingerprint density at radius 1 is 1.24 bits per heavy atom. The van der Waals surface area contributed by atoms with Crippen molar-refractivity contribution in [3.05, 3.63) is 65.1 Å². The van der Waals surface area contributed by atoms with Gasteiger partial charge < -0.3 is 5.32 Å². The summed E-state index contributed by atoms with van der Waals surface area (Å²) in [6, 6.07) is 9.64. The van der Waals surface area contributed by atoms with Crippen LogP contribution in [0, 0.1) is 6.92 Å². The predicted octanol–water partition coefficient (Wildman–Crippen LogP) is 2.76. The Kier molecular flexibility index (Phi) is 3.79. The first-order valence-electron chi connectivity index (χ1n) is 6.40. The third-order valence-corrected chi connectivity index (χ3v) is 3.23. The molecule has 3 rings (SSSR count). The van der Waals surface area contributed by atoms with Crippen molar-refractivity contribution >= 4 is 17.4 Å². The summed E-state index contributed by atoms with van der Waals surface area (Å²) in [5, 5.41) is 10.8. The van der Waals surface area contributed by atoms with Gasteiger partial charge in [-0.25, -0.2) is 15.0 Å². The van der Waals surface area contributed by atoms with Crippen LogP contribution in [-0.2, 0) is 0 Å². The molecule has 6 nitrogen and oxygen atoms in total. The van der Waals surface area contributed by atoms with Gasteiger partial charge >= 0.3 is 0 Å². The van der Waals surface area contributed by atoms with Crippen molar-refractivity contribution in [2.45, 2.75) is 13.0 Å². The summed E-state index contributed by atoms with van der Waals surface area (Å²) in [5.74, 6) is 1.93. The molecular weight excluding hydrogens is 288 g/mol. The van der Waals surface area contributed by atoms with Crippen LogP contribution in [0.4, 0.5) is 5.82 Å². The molecule has 7 heteroatoms. The second-order valence-electron chi connectivity index (χ2n) is 4.49. The zero-order chi connectivity index (χ0) is 14.7. The standard InChI is InChI=1S/C14H13ClN6/c1-9-18-14(21-20-9)12(10-5-3-2-4-6-10)19-13-11(15)7-16-8-17-13/h2-8,12H,1H3,(H,16,17,19)(H,18,20,21). The first-order valence-corrected chi connectivity index (χ1v) is 6.77. The van der Waals surface area contributed by atoms with Gasteiger partial charge in [-0.05, 0) is 12.5 Å². The average Bonchev–Trinajstić information content (AvgIpc) is 2.93. The van der Waals surface area contributed by atoms with E-state index in [1.54, 1.807) is 6.20 Å². The molecule has 1 atom stereocenters. The molecule has 0 bridgehead atoms. The van der Waals surface area contributed by atoms with E-state index in [2.05, 4.69) is 30.5 Å². The van der Waals surface area contributed by atoms with Crippen molar-refractivity contribution in [3.63, 3.8) is 0 Å². The zero-order valence-electron chi connectivity index (χ0n) is 11.3. The number of halogens is 1. The predicted molar refractivity (Wildman–Crippen MR) is 80.1 cm³/mol. The van der Waals surface area contributed by atoms with Gasteiger partial charge in [0.05, 0.1) is 6.20 Å².